The van der Waals surface area contributed by atoms with Gasteiger partial charge in [-0.1, -0.05) is 29.3 Å². The molecule has 26 heavy (non-hydrogen) atoms. The van der Waals surface area contributed by atoms with Gasteiger partial charge in [0.2, 0.25) is 15.9 Å². The minimum absolute atomic E-state index is 0.208. The molecule has 2 aromatic carbocycles. The highest BCUT2D eigenvalue weighted by atomic mass is 35.5. The van der Waals surface area contributed by atoms with E-state index < -0.39 is 22.0 Å². The average molecular weight is 415 g/mol. The van der Waals surface area contributed by atoms with Gasteiger partial charge in [-0.25, -0.2) is 8.42 Å². The van der Waals surface area contributed by atoms with Crippen molar-refractivity contribution in [3.8, 4) is 0 Å². The second-order valence-electron chi connectivity index (χ2n) is 6.20. The molecule has 0 spiro atoms. The fourth-order valence-corrected chi connectivity index (χ4v) is 4.18. The molecule has 0 heterocycles. The van der Waals surface area contributed by atoms with Crippen molar-refractivity contribution in [1.29, 1.82) is 0 Å². The molecular formula is C18H20Cl2N2O3S. The maximum atomic E-state index is 12.7. The van der Waals surface area contributed by atoms with Crippen LogP contribution < -0.4 is 9.62 Å². The highest BCUT2D eigenvalue weighted by Crippen LogP contribution is 2.30. The number of halogens is 2. The van der Waals surface area contributed by atoms with E-state index in [2.05, 4.69) is 5.32 Å². The highest BCUT2D eigenvalue weighted by molar-refractivity contribution is 7.92. The number of anilines is 2. The van der Waals surface area contributed by atoms with Gasteiger partial charge in [0.25, 0.3) is 0 Å². The van der Waals surface area contributed by atoms with E-state index in [0.29, 0.717) is 10.7 Å². The van der Waals surface area contributed by atoms with Crippen LogP contribution in [0.1, 0.15) is 18.1 Å². The first-order valence-electron chi connectivity index (χ1n) is 7.82. The Hall–Kier alpha value is -1.76. The van der Waals surface area contributed by atoms with Crippen LogP contribution >= 0.6 is 23.2 Å². The van der Waals surface area contributed by atoms with Gasteiger partial charge in [0.1, 0.15) is 6.04 Å². The normalized spacial score (nSPS) is 12.5. The number of hydrogen-bond donors (Lipinski definition) is 1. The average Bonchev–Trinajstić information content (AvgIpc) is 2.48. The lowest BCUT2D eigenvalue weighted by Gasteiger charge is -2.28. The lowest BCUT2D eigenvalue weighted by molar-refractivity contribution is -0.116. The SMILES string of the molecule is Cc1cc(C)cc(NC(=O)[C@@H](C)N(c2ccc(Cl)c(Cl)c2)S(C)(=O)=O)c1. The third-order valence-electron chi connectivity index (χ3n) is 3.74. The molecular weight excluding hydrogens is 395 g/mol. The maximum absolute atomic E-state index is 12.7. The van der Waals surface area contributed by atoms with Crippen molar-refractivity contribution in [3.05, 3.63) is 57.6 Å². The molecule has 2 rings (SSSR count). The van der Waals surface area contributed by atoms with Gasteiger partial charge in [-0.05, 0) is 62.2 Å². The van der Waals surface area contributed by atoms with Crippen LogP contribution in [0.4, 0.5) is 11.4 Å². The molecule has 5 nitrogen and oxygen atoms in total. The van der Waals surface area contributed by atoms with Gasteiger partial charge in [0, 0.05) is 5.69 Å². The first-order chi connectivity index (χ1) is 12.0. The van der Waals surface area contributed by atoms with Crippen molar-refractivity contribution >= 4 is 50.5 Å². The molecule has 0 aliphatic carbocycles. The zero-order valence-corrected chi connectivity index (χ0v) is 17.2. The number of rotatable bonds is 5. The predicted octanol–water partition coefficient (Wildman–Crippen LogP) is 4.40. The Bertz CT molecular complexity index is 925. The standard InChI is InChI=1S/C18H20Cl2N2O3S/c1-11-7-12(2)9-14(8-11)21-18(23)13(3)22(26(4,24)25)15-5-6-16(19)17(20)10-15/h5-10,13H,1-4H3,(H,21,23)/t13-/m1/s1. The van der Waals surface area contributed by atoms with Gasteiger partial charge in [0.15, 0.2) is 0 Å². The molecule has 0 radical (unpaired) electrons. The molecule has 0 saturated carbocycles. The number of aryl methyl sites for hydroxylation is 2. The molecule has 1 atom stereocenters. The summed E-state index contributed by atoms with van der Waals surface area (Å²) >= 11 is 11.9. The molecule has 8 heteroatoms. The summed E-state index contributed by atoms with van der Waals surface area (Å²) in [5.41, 5.74) is 2.88. The van der Waals surface area contributed by atoms with Crippen LogP contribution in [0.3, 0.4) is 0 Å². The largest absolute Gasteiger partial charge is 0.324 e. The van der Waals surface area contributed by atoms with E-state index in [4.69, 9.17) is 23.2 Å². The summed E-state index contributed by atoms with van der Waals surface area (Å²) in [6.45, 7) is 5.36. The summed E-state index contributed by atoms with van der Waals surface area (Å²) in [5.74, 6) is -0.452. The number of nitrogens with one attached hydrogen (secondary N) is 1. The number of sulfonamides is 1. The van der Waals surface area contributed by atoms with Crippen molar-refractivity contribution in [2.24, 2.45) is 0 Å². The van der Waals surface area contributed by atoms with Gasteiger partial charge in [-0.3, -0.25) is 9.10 Å². The molecule has 0 aliphatic heterocycles. The second kappa shape index (κ2) is 7.86. The maximum Gasteiger partial charge on any atom is 0.247 e. The van der Waals surface area contributed by atoms with E-state index >= 15 is 0 Å². The number of carbonyl (C=O) groups excluding carboxylic acids is 1. The molecule has 1 amide bonds. The molecule has 2 aromatic rings. The third-order valence-corrected chi connectivity index (χ3v) is 5.72. The van der Waals surface area contributed by atoms with E-state index in [1.54, 1.807) is 0 Å². The summed E-state index contributed by atoms with van der Waals surface area (Å²) in [6, 6.07) is 9.07. The van der Waals surface area contributed by atoms with Crippen molar-refractivity contribution in [2.45, 2.75) is 26.8 Å². The predicted molar refractivity (Wildman–Crippen MR) is 108 cm³/mol. The lowest BCUT2D eigenvalue weighted by Crippen LogP contribution is -2.45. The van der Waals surface area contributed by atoms with Crippen LogP contribution in [0.15, 0.2) is 36.4 Å². The van der Waals surface area contributed by atoms with Crippen LogP contribution in [0.2, 0.25) is 10.0 Å². The van der Waals surface area contributed by atoms with Crippen molar-refractivity contribution < 1.29 is 13.2 Å². The minimum atomic E-state index is -3.73. The molecule has 0 aliphatic rings. The number of benzene rings is 2. The smallest absolute Gasteiger partial charge is 0.247 e. The van der Waals surface area contributed by atoms with E-state index in [0.717, 1.165) is 21.7 Å². The Balaban J connectivity index is 2.35. The molecule has 0 aromatic heterocycles. The molecule has 0 fully saturated rings. The topological polar surface area (TPSA) is 66.5 Å². The summed E-state index contributed by atoms with van der Waals surface area (Å²) in [5, 5.41) is 3.28. The zero-order valence-electron chi connectivity index (χ0n) is 14.9. The summed E-state index contributed by atoms with van der Waals surface area (Å²) < 4.78 is 25.6. The zero-order chi connectivity index (χ0) is 19.6. The Morgan fingerprint density at radius 1 is 1.04 bits per heavy atom. The van der Waals surface area contributed by atoms with Gasteiger partial charge >= 0.3 is 0 Å². The van der Waals surface area contributed by atoms with Crippen LogP contribution in [0.5, 0.6) is 0 Å². The highest BCUT2D eigenvalue weighted by Gasteiger charge is 2.29. The van der Waals surface area contributed by atoms with Crippen molar-refractivity contribution in [1.82, 2.24) is 0 Å². The van der Waals surface area contributed by atoms with Crippen LogP contribution in [-0.2, 0) is 14.8 Å². The van der Waals surface area contributed by atoms with Crippen LogP contribution in [-0.4, -0.2) is 26.6 Å². The van der Waals surface area contributed by atoms with E-state index in [9.17, 15) is 13.2 Å². The summed E-state index contributed by atoms with van der Waals surface area (Å²) in [7, 11) is -3.73. The number of nitrogens with zero attached hydrogens (tertiary/aromatic N) is 1. The molecule has 1 N–H and O–H groups in total. The first-order valence-corrected chi connectivity index (χ1v) is 10.4. The molecule has 0 bridgehead atoms. The van der Waals surface area contributed by atoms with Gasteiger partial charge in [-0.15, -0.1) is 0 Å². The van der Waals surface area contributed by atoms with E-state index in [1.165, 1.54) is 25.1 Å². The Labute approximate surface area is 164 Å². The fourth-order valence-electron chi connectivity index (χ4n) is 2.72. The van der Waals surface area contributed by atoms with Gasteiger partial charge in [-0.2, -0.15) is 0 Å². The molecule has 0 unspecified atom stereocenters. The van der Waals surface area contributed by atoms with Crippen LogP contribution in [0, 0.1) is 13.8 Å². The van der Waals surface area contributed by atoms with E-state index in [-0.39, 0.29) is 10.7 Å². The third kappa shape index (κ3) is 4.90. The monoisotopic (exact) mass is 414 g/mol. The Kier molecular flexibility index (Phi) is 6.21. The fraction of sp³-hybridized carbons (Fsp3) is 0.278. The minimum Gasteiger partial charge on any atom is -0.324 e. The van der Waals surface area contributed by atoms with Crippen LogP contribution in [0.25, 0.3) is 0 Å². The van der Waals surface area contributed by atoms with Crippen molar-refractivity contribution in [3.63, 3.8) is 0 Å². The Morgan fingerprint density at radius 2 is 1.62 bits per heavy atom. The second-order valence-corrected chi connectivity index (χ2v) is 8.87. The molecule has 140 valence electrons. The van der Waals surface area contributed by atoms with Crippen molar-refractivity contribution in [2.75, 3.05) is 15.9 Å². The number of hydrogen-bond acceptors (Lipinski definition) is 3. The quantitative estimate of drug-likeness (QED) is 0.787. The molecule has 0 saturated heterocycles. The number of amides is 1. The lowest BCUT2D eigenvalue weighted by atomic mass is 10.1. The summed E-state index contributed by atoms with van der Waals surface area (Å²) in [6.07, 6.45) is 1.04. The van der Waals surface area contributed by atoms with E-state index in [1.807, 2.05) is 32.0 Å². The first kappa shape index (κ1) is 20.6. The Morgan fingerprint density at radius 3 is 2.12 bits per heavy atom. The van der Waals surface area contributed by atoms with Gasteiger partial charge in [0.05, 0.1) is 22.0 Å². The van der Waals surface area contributed by atoms with Gasteiger partial charge < -0.3 is 5.32 Å². The number of carbonyl (C=O) groups is 1. The summed E-state index contributed by atoms with van der Waals surface area (Å²) in [4.78, 5) is 12.7.